The summed E-state index contributed by atoms with van der Waals surface area (Å²) in [6.07, 6.45) is -1.42. The number of alkyl halides is 3. The number of carbonyl (C=O) groups is 3. The van der Waals surface area contributed by atoms with Crippen molar-refractivity contribution >= 4 is 52.8 Å². The van der Waals surface area contributed by atoms with Crippen molar-refractivity contribution in [2.24, 2.45) is 5.73 Å². The Morgan fingerprint density at radius 3 is 2.28 bits per heavy atom. The van der Waals surface area contributed by atoms with Crippen LogP contribution in [0, 0.1) is 0 Å². The van der Waals surface area contributed by atoms with Gasteiger partial charge in [0.15, 0.2) is 0 Å². The minimum atomic E-state index is -1.79. The fourth-order valence-corrected chi connectivity index (χ4v) is 1.04. The summed E-state index contributed by atoms with van der Waals surface area (Å²) in [5.41, 5.74) is 4.86. The third kappa shape index (κ3) is 9.15. The van der Waals surface area contributed by atoms with Gasteiger partial charge in [0, 0.05) is 6.42 Å². The number of primary amides is 1. The summed E-state index contributed by atoms with van der Waals surface area (Å²) in [6, 6.07) is -1.31. The highest BCUT2D eigenvalue weighted by Gasteiger charge is 2.25. The lowest BCUT2D eigenvalue weighted by Crippen LogP contribution is -2.42. The minimum Gasteiger partial charge on any atom is -0.480 e. The Balaban J connectivity index is 4.20. The molecule has 0 unspecified atom stereocenters. The maximum Gasteiger partial charge on any atom is 0.407 e. The number of carboxylic acid groups (broad SMARTS) is 1. The number of rotatable bonds is 6. The van der Waals surface area contributed by atoms with Gasteiger partial charge < -0.3 is 20.9 Å². The van der Waals surface area contributed by atoms with Crippen LogP contribution < -0.4 is 11.1 Å². The average molecular weight is 322 g/mol. The molecule has 0 aliphatic rings. The number of hydrogen-bond donors (Lipinski definition) is 3. The van der Waals surface area contributed by atoms with Crippen molar-refractivity contribution in [1.29, 1.82) is 0 Å². The van der Waals surface area contributed by atoms with Crippen molar-refractivity contribution in [1.82, 2.24) is 5.32 Å². The molecule has 0 aliphatic heterocycles. The number of halogens is 3. The highest BCUT2D eigenvalue weighted by Crippen LogP contribution is 2.25. The molecule has 0 spiro atoms. The Morgan fingerprint density at radius 2 is 1.89 bits per heavy atom. The van der Waals surface area contributed by atoms with Crippen LogP contribution in [0.25, 0.3) is 0 Å². The van der Waals surface area contributed by atoms with E-state index in [2.05, 4.69) is 4.74 Å². The maximum atomic E-state index is 11.2. The molecule has 7 nitrogen and oxygen atoms in total. The van der Waals surface area contributed by atoms with E-state index in [1.54, 1.807) is 0 Å². The second kappa shape index (κ2) is 7.50. The highest BCUT2D eigenvalue weighted by molar-refractivity contribution is 6.67. The lowest BCUT2D eigenvalue weighted by atomic mass is 10.1. The van der Waals surface area contributed by atoms with Crippen molar-refractivity contribution in [3.63, 3.8) is 0 Å². The van der Waals surface area contributed by atoms with Crippen molar-refractivity contribution in [2.45, 2.75) is 22.7 Å². The quantitative estimate of drug-likeness (QED) is 0.625. The van der Waals surface area contributed by atoms with Gasteiger partial charge in [0.05, 0.1) is 0 Å². The van der Waals surface area contributed by atoms with Gasteiger partial charge in [0.1, 0.15) is 12.6 Å². The predicted molar refractivity (Wildman–Crippen MR) is 64.6 cm³/mol. The molecule has 10 heteroatoms. The standard InChI is InChI=1S/C8H11Cl3N2O5/c9-8(10,11)3-18-7(17)13-4(6(15)16)1-2-5(12)14/h4H,1-3H2,(H2,12,14)(H,13,17)(H,15,16)/t4-/m0/s1. The van der Waals surface area contributed by atoms with E-state index in [-0.39, 0.29) is 12.8 Å². The fraction of sp³-hybridized carbons (Fsp3) is 0.625. The first kappa shape index (κ1) is 17.1. The number of nitrogens with one attached hydrogen (secondary N) is 1. The molecule has 0 rings (SSSR count). The van der Waals surface area contributed by atoms with Gasteiger partial charge in [-0.2, -0.15) is 0 Å². The second-order valence-corrected chi connectivity index (χ2v) is 5.75. The second-order valence-electron chi connectivity index (χ2n) is 3.23. The number of ether oxygens (including phenoxy) is 1. The summed E-state index contributed by atoms with van der Waals surface area (Å²) >= 11 is 16.0. The van der Waals surface area contributed by atoms with Gasteiger partial charge in [0.2, 0.25) is 9.70 Å². The molecule has 0 aromatic heterocycles. The molecule has 0 heterocycles. The van der Waals surface area contributed by atoms with Gasteiger partial charge in [-0.15, -0.1) is 0 Å². The van der Waals surface area contributed by atoms with Crippen LogP contribution in [0.3, 0.4) is 0 Å². The van der Waals surface area contributed by atoms with Crippen molar-refractivity contribution in [2.75, 3.05) is 6.61 Å². The van der Waals surface area contributed by atoms with Crippen LogP contribution in [-0.4, -0.2) is 39.5 Å². The first-order valence-electron chi connectivity index (χ1n) is 4.63. The molecule has 0 aliphatic carbocycles. The van der Waals surface area contributed by atoms with Crippen molar-refractivity contribution in [3.05, 3.63) is 0 Å². The monoisotopic (exact) mass is 320 g/mol. The molecule has 0 radical (unpaired) electrons. The van der Waals surface area contributed by atoms with Crippen LogP contribution in [0.2, 0.25) is 0 Å². The van der Waals surface area contributed by atoms with E-state index < -0.39 is 34.4 Å². The van der Waals surface area contributed by atoms with E-state index in [0.29, 0.717) is 0 Å². The molecule has 18 heavy (non-hydrogen) atoms. The van der Waals surface area contributed by atoms with Crippen molar-refractivity contribution < 1.29 is 24.2 Å². The highest BCUT2D eigenvalue weighted by atomic mass is 35.6. The summed E-state index contributed by atoms with van der Waals surface area (Å²) in [5, 5.41) is 10.8. The Hall–Kier alpha value is -0.920. The van der Waals surface area contributed by atoms with E-state index in [1.165, 1.54) is 0 Å². The average Bonchev–Trinajstić information content (AvgIpc) is 2.19. The Bertz CT molecular complexity index is 331. The van der Waals surface area contributed by atoms with Crippen molar-refractivity contribution in [3.8, 4) is 0 Å². The summed E-state index contributed by atoms with van der Waals surface area (Å²) in [4.78, 5) is 32.4. The Kier molecular flexibility index (Phi) is 7.12. The number of carbonyl (C=O) groups excluding carboxylic acids is 2. The Morgan fingerprint density at radius 1 is 1.33 bits per heavy atom. The Labute approximate surface area is 117 Å². The van der Waals surface area contributed by atoms with Gasteiger partial charge in [0.25, 0.3) is 0 Å². The molecule has 2 amide bonds. The molecule has 104 valence electrons. The van der Waals surface area contributed by atoms with E-state index in [4.69, 9.17) is 45.6 Å². The van der Waals surface area contributed by atoms with Crippen LogP contribution in [0.4, 0.5) is 4.79 Å². The van der Waals surface area contributed by atoms with Gasteiger partial charge in [-0.05, 0) is 6.42 Å². The molecular weight excluding hydrogens is 310 g/mol. The molecule has 0 aromatic rings. The van der Waals surface area contributed by atoms with E-state index in [0.717, 1.165) is 0 Å². The minimum absolute atomic E-state index is 0.159. The molecule has 0 aromatic carbocycles. The van der Waals surface area contributed by atoms with E-state index >= 15 is 0 Å². The summed E-state index contributed by atoms with van der Waals surface area (Å²) < 4.78 is 2.68. The summed E-state index contributed by atoms with van der Waals surface area (Å²) in [7, 11) is 0. The molecule has 0 saturated carbocycles. The van der Waals surface area contributed by atoms with Crippen LogP contribution >= 0.6 is 34.8 Å². The first-order valence-corrected chi connectivity index (χ1v) is 5.76. The maximum absolute atomic E-state index is 11.2. The van der Waals surface area contributed by atoms with Gasteiger partial charge in [-0.1, -0.05) is 34.8 Å². The molecule has 4 N–H and O–H groups in total. The largest absolute Gasteiger partial charge is 0.480 e. The smallest absolute Gasteiger partial charge is 0.407 e. The number of amides is 2. The fourth-order valence-electron chi connectivity index (χ4n) is 0.875. The van der Waals surface area contributed by atoms with Gasteiger partial charge >= 0.3 is 12.1 Å². The lowest BCUT2D eigenvalue weighted by Gasteiger charge is -2.15. The molecule has 0 saturated heterocycles. The SMILES string of the molecule is NC(=O)CC[C@H](NC(=O)OCC(Cl)(Cl)Cl)C(=O)O. The number of hydrogen-bond acceptors (Lipinski definition) is 4. The molecule has 1 atom stereocenters. The predicted octanol–water partition coefficient (Wildman–Crippen LogP) is 0.802. The zero-order valence-corrected chi connectivity index (χ0v) is 11.3. The molecule has 0 bridgehead atoms. The van der Waals surface area contributed by atoms with Gasteiger partial charge in [-0.3, -0.25) is 4.79 Å². The molecule has 0 fully saturated rings. The summed E-state index contributed by atoms with van der Waals surface area (Å²) in [6.45, 7) is -0.536. The van der Waals surface area contributed by atoms with Gasteiger partial charge in [-0.25, -0.2) is 9.59 Å². The lowest BCUT2D eigenvalue weighted by molar-refractivity contribution is -0.139. The number of alkyl carbamates (subject to hydrolysis) is 1. The third-order valence-electron chi connectivity index (χ3n) is 1.64. The zero-order chi connectivity index (χ0) is 14.3. The summed E-state index contributed by atoms with van der Waals surface area (Å²) in [5.74, 6) is -2.01. The topological polar surface area (TPSA) is 119 Å². The number of nitrogens with two attached hydrogens (primary N) is 1. The first-order chi connectivity index (χ1) is 8.11. The van der Waals surface area contributed by atoms with Crippen LogP contribution in [0.5, 0.6) is 0 Å². The number of carboxylic acids is 1. The van der Waals surface area contributed by atoms with Crippen LogP contribution in [0.15, 0.2) is 0 Å². The molecular formula is C8H11Cl3N2O5. The normalized spacial score (nSPS) is 12.6. The number of aliphatic carboxylic acids is 1. The van der Waals surface area contributed by atoms with E-state index in [1.807, 2.05) is 5.32 Å². The van der Waals surface area contributed by atoms with Crippen LogP contribution in [0.1, 0.15) is 12.8 Å². The van der Waals surface area contributed by atoms with Crippen LogP contribution in [-0.2, 0) is 14.3 Å². The third-order valence-corrected chi connectivity index (χ3v) is 1.96. The zero-order valence-electron chi connectivity index (χ0n) is 8.99. The van der Waals surface area contributed by atoms with E-state index in [9.17, 15) is 14.4 Å².